The van der Waals surface area contributed by atoms with Crippen molar-refractivity contribution < 1.29 is 33.6 Å². The van der Waals surface area contributed by atoms with Gasteiger partial charge in [-0.05, 0) is 39.0 Å². The van der Waals surface area contributed by atoms with E-state index in [-0.39, 0.29) is 31.4 Å². The molecule has 0 radical (unpaired) electrons. The average molecular weight is 314 g/mol. The van der Waals surface area contributed by atoms with Gasteiger partial charge < -0.3 is 24.1 Å². The van der Waals surface area contributed by atoms with Gasteiger partial charge in [-0.2, -0.15) is 0 Å². The van der Waals surface area contributed by atoms with Crippen LogP contribution in [0.2, 0.25) is 0 Å². The highest BCUT2D eigenvalue weighted by Crippen LogP contribution is 2.44. The van der Waals surface area contributed by atoms with E-state index in [2.05, 4.69) is 0 Å². The van der Waals surface area contributed by atoms with Crippen LogP contribution in [0.15, 0.2) is 0 Å². The first-order valence-electron chi connectivity index (χ1n) is 7.81. The van der Waals surface area contributed by atoms with E-state index in [1.807, 2.05) is 6.92 Å². The molecule has 3 rings (SSSR count). The van der Waals surface area contributed by atoms with Gasteiger partial charge in [0, 0.05) is 13.0 Å². The SMILES string of the molecule is C[C@@]1([C@H]2CC[C@@]3(COC(=O)O3)[C@@H](CCCO)O2)CCC(=O)O1. The van der Waals surface area contributed by atoms with E-state index in [9.17, 15) is 9.59 Å². The zero-order valence-electron chi connectivity index (χ0n) is 12.7. The Labute approximate surface area is 128 Å². The summed E-state index contributed by atoms with van der Waals surface area (Å²) in [5, 5.41) is 9.08. The standard InChI is InChI=1S/C15H22O7/c1-14(6-5-12(17)21-14)10-4-7-15(9-19-13(18)22-15)11(20-10)3-2-8-16/h10-11,16H,2-9H2,1H3/t10-,11-,14+,15-/m1/s1. The highest BCUT2D eigenvalue weighted by molar-refractivity contribution is 5.72. The minimum atomic E-state index is -0.776. The van der Waals surface area contributed by atoms with Gasteiger partial charge in [-0.1, -0.05) is 0 Å². The Hall–Kier alpha value is -1.34. The Morgan fingerprint density at radius 1 is 1.27 bits per heavy atom. The smallest absolute Gasteiger partial charge is 0.457 e. The van der Waals surface area contributed by atoms with Crippen molar-refractivity contribution in [2.24, 2.45) is 0 Å². The molecule has 0 aromatic heterocycles. The van der Waals surface area contributed by atoms with Gasteiger partial charge in [0.2, 0.25) is 0 Å². The molecule has 0 aromatic carbocycles. The molecule has 0 amide bonds. The molecule has 3 aliphatic rings. The molecule has 0 unspecified atom stereocenters. The Morgan fingerprint density at radius 2 is 2.09 bits per heavy atom. The van der Waals surface area contributed by atoms with Crippen molar-refractivity contribution in [1.29, 1.82) is 0 Å². The van der Waals surface area contributed by atoms with Crippen molar-refractivity contribution in [3.8, 4) is 0 Å². The van der Waals surface area contributed by atoms with Crippen LogP contribution in [0.25, 0.3) is 0 Å². The Kier molecular flexibility index (Phi) is 4.03. The first-order chi connectivity index (χ1) is 10.5. The normalized spacial score (nSPS) is 41.4. The lowest BCUT2D eigenvalue weighted by molar-refractivity contribution is -0.214. The molecular weight excluding hydrogens is 292 g/mol. The Bertz CT molecular complexity index is 465. The van der Waals surface area contributed by atoms with Gasteiger partial charge in [-0.25, -0.2) is 4.79 Å². The van der Waals surface area contributed by atoms with E-state index in [1.165, 1.54) is 0 Å². The summed E-state index contributed by atoms with van der Waals surface area (Å²) in [5.74, 6) is -0.200. The van der Waals surface area contributed by atoms with Crippen molar-refractivity contribution in [2.45, 2.75) is 68.9 Å². The molecule has 22 heavy (non-hydrogen) atoms. The lowest BCUT2D eigenvalue weighted by Gasteiger charge is -2.45. The fourth-order valence-electron chi connectivity index (χ4n) is 3.61. The van der Waals surface area contributed by atoms with E-state index < -0.39 is 17.4 Å². The molecule has 4 atom stereocenters. The van der Waals surface area contributed by atoms with Gasteiger partial charge in [0.25, 0.3) is 0 Å². The summed E-state index contributed by atoms with van der Waals surface area (Å²) in [5.41, 5.74) is -1.40. The fraction of sp³-hybridized carbons (Fsp3) is 0.867. The van der Waals surface area contributed by atoms with Crippen LogP contribution < -0.4 is 0 Å². The average Bonchev–Trinajstić information content (AvgIpc) is 3.03. The van der Waals surface area contributed by atoms with Crippen LogP contribution in [0.1, 0.15) is 45.4 Å². The molecule has 124 valence electrons. The largest absolute Gasteiger partial charge is 0.509 e. The molecule has 0 aromatic rings. The molecule has 3 saturated heterocycles. The highest BCUT2D eigenvalue weighted by Gasteiger charge is 2.56. The van der Waals surface area contributed by atoms with Crippen LogP contribution >= 0.6 is 0 Å². The van der Waals surface area contributed by atoms with E-state index >= 15 is 0 Å². The maximum absolute atomic E-state index is 11.4. The van der Waals surface area contributed by atoms with Crippen LogP contribution in [0.5, 0.6) is 0 Å². The summed E-state index contributed by atoms with van der Waals surface area (Å²) in [6.07, 6.45) is 2.12. The number of hydrogen-bond acceptors (Lipinski definition) is 7. The third-order valence-corrected chi connectivity index (χ3v) is 4.94. The number of carbonyl (C=O) groups excluding carboxylic acids is 2. The number of cyclic esters (lactones) is 2. The first kappa shape index (κ1) is 15.6. The summed E-state index contributed by atoms with van der Waals surface area (Å²) in [7, 11) is 0. The number of aliphatic hydroxyl groups excluding tert-OH is 1. The lowest BCUT2D eigenvalue weighted by atomic mass is 9.80. The summed E-state index contributed by atoms with van der Waals surface area (Å²) in [4.78, 5) is 22.8. The number of ether oxygens (including phenoxy) is 4. The number of rotatable bonds is 4. The molecule has 0 aliphatic carbocycles. The Balaban J connectivity index is 1.74. The summed E-state index contributed by atoms with van der Waals surface area (Å²) >= 11 is 0. The van der Waals surface area contributed by atoms with Crippen molar-refractivity contribution >= 4 is 12.1 Å². The van der Waals surface area contributed by atoms with Crippen LogP contribution in [0.3, 0.4) is 0 Å². The van der Waals surface area contributed by atoms with Crippen LogP contribution in [0.4, 0.5) is 4.79 Å². The number of esters is 1. The van der Waals surface area contributed by atoms with Gasteiger partial charge in [-0.3, -0.25) is 4.79 Å². The third kappa shape index (κ3) is 2.67. The van der Waals surface area contributed by atoms with Gasteiger partial charge >= 0.3 is 12.1 Å². The lowest BCUT2D eigenvalue weighted by Crippen LogP contribution is -2.56. The monoisotopic (exact) mass is 314 g/mol. The number of aliphatic hydroxyl groups is 1. The minimum Gasteiger partial charge on any atom is -0.457 e. The number of hydrogen-bond donors (Lipinski definition) is 1. The second-order valence-corrected chi connectivity index (χ2v) is 6.51. The molecule has 3 heterocycles. The summed E-state index contributed by atoms with van der Waals surface area (Å²) in [6.45, 7) is 2.10. The summed E-state index contributed by atoms with van der Waals surface area (Å²) < 4.78 is 22.0. The zero-order valence-corrected chi connectivity index (χ0v) is 12.7. The number of carbonyl (C=O) groups is 2. The van der Waals surface area contributed by atoms with E-state index in [0.29, 0.717) is 38.5 Å². The van der Waals surface area contributed by atoms with E-state index in [1.54, 1.807) is 0 Å². The van der Waals surface area contributed by atoms with Crippen molar-refractivity contribution in [3.05, 3.63) is 0 Å². The van der Waals surface area contributed by atoms with Crippen molar-refractivity contribution in [3.63, 3.8) is 0 Å². The molecule has 7 nitrogen and oxygen atoms in total. The molecule has 7 heteroatoms. The second-order valence-electron chi connectivity index (χ2n) is 6.51. The van der Waals surface area contributed by atoms with Crippen molar-refractivity contribution in [2.75, 3.05) is 13.2 Å². The minimum absolute atomic E-state index is 0.0433. The topological polar surface area (TPSA) is 91.3 Å². The van der Waals surface area contributed by atoms with Gasteiger partial charge in [0.15, 0.2) is 5.60 Å². The van der Waals surface area contributed by atoms with Crippen molar-refractivity contribution in [1.82, 2.24) is 0 Å². The molecule has 3 fully saturated rings. The zero-order chi connectivity index (χ0) is 15.8. The second kappa shape index (κ2) is 5.70. The molecule has 3 aliphatic heterocycles. The van der Waals surface area contributed by atoms with Crippen LogP contribution in [-0.2, 0) is 23.7 Å². The quantitative estimate of drug-likeness (QED) is 0.782. The maximum Gasteiger partial charge on any atom is 0.509 e. The van der Waals surface area contributed by atoms with Crippen LogP contribution in [0, 0.1) is 0 Å². The molecule has 1 N–H and O–H groups in total. The maximum atomic E-state index is 11.4. The third-order valence-electron chi connectivity index (χ3n) is 4.94. The predicted molar refractivity (Wildman–Crippen MR) is 73.1 cm³/mol. The first-order valence-corrected chi connectivity index (χ1v) is 7.81. The predicted octanol–water partition coefficient (Wildman–Crippen LogP) is 1.31. The molecule has 1 spiro atoms. The van der Waals surface area contributed by atoms with E-state index in [4.69, 9.17) is 24.1 Å². The summed E-state index contributed by atoms with van der Waals surface area (Å²) in [6, 6.07) is 0. The van der Waals surface area contributed by atoms with Gasteiger partial charge in [0.05, 0.1) is 6.10 Å². The van der Waals surface area contributed by atoms with E-state index in [0.717, 1.165) is 0 Å². The molecule has 0 bridgehead atoms. The van der Waals surface area contributed by atoms with Crippen LogP contribution in [-0.4, -0.2) is 53.9 Å². The van der Waals surface area contributed by atoms with Gasteiger partial charge in [0.1, 0.15) is 18.3 Å². The molecular formula is C15H22O7. The Morgan fingerprint density at radius 3 is 2.68 bits per heavy atom. The fourth-order valence-corrected chi connectivity index (χ4v) is 3.61. The molecule has 0 saturated carbocycles. The van der Waals surface area contributed by atoms with Gasteiger partial charge in [-0.15, -0.1) is 0 Å². The highest BCUT2D eigenvalue weighted by atomic mass is 16.8.